The minimum absolute atomic E-state index is 0. The molecule has 0 aromatic carbocycles. The van der Waals surface area contributed by atoms with Crippen molar-refractivity contribution in [1.29, 1.82) is 0 Å². The number of hydrogen-bond acceptors (Lipinski definition) is 3. The lowest BCUT2D eigenvalue weighted by Gasteiger charge is -2.22. The van der Waals surface area contributed by atoms with E-state index in [1.54, 1.807) is 0 Å². The minimum Gasteiger partial charge on any atom is -0.357 e. The van der Waals surface area contributed by atoms with Crippen LogP contribution in [0.1, 0.15) is 71.1 Å². The van der Waals surface area contributed by atoms with Crippen molar-refractivity contribution < 1.29 is 4.79 Å². The summed E-state index contributed by atoms with van der Waals surface area (Å²) in [5.74, 6) is 0.792. The van der Waals surface area contributed by atoms with E-state index in [0.29, 0.717) is 6.04 Å². The van der Waals surface area contributed by atoms with Crippen molar-refractivity contribution in [3.05, 3.63) is 0 Å². The molecule has 1 aliphatic heterocycles. The van der Waals surface area contributed by atoms with E-state index in [4.69, 9.17) is 0 Å². The van der Waals surface area contributed by atoms with Crippen molar-refractivity contribution in [3.63, 3.8) is 0 Å². The summed E-state index contributed by atoms with van der Waals surface area (Å²) in [7, 11) is 0. The van der Waals surface area contributed by atoms with Gasteiger partial charge in [0.15, 0.2) is 5.96 Å². The van der Waals surface area contributed by atoms with Crippen molar-refractivity contribution in [1.82, 2.24) is 20.9 Å². The number of halogens is 1. The molecule has 0 aromatic rings. The van der Waals surface area contributed by atoms with Crippen LogP contribution in [0.15, 0.2) is 4.99 Å². The van der Waals surface area contributed by atoms with Crippen LogP contribution in [-0.4, -0.2) is 62.1 Å². The van der Waals surface area contributed by atoms with Crippen molar-refractivity contribution in [2.45, 2.75) is 77.2 Å². The first-order chi connectivity index (χ1) is 12.8. The van der Waals surface area contributed by atoms with Crippen LogP contribution in [0.2, 0.25) is 0 Å². The molecule has 0 radical (unpaired) electrons. The van der Waals surface area contributed by atoms with Crippen molar-refractivity contribution in [2.75, 3.05) is 39.3 Å². The Balaban J connectivity index is 0.00000364. The molecule has 1 saturated heterocycles. The van der Waals surface area contributed by atoms with Crippen molar-refractivity contribution in [2.24, 2.45) is 4.99 Å². The van der Waals surface area contributed by atoms with Crippen LogP contribution < -0.4 is 16.0 Å². The molecule has 27 heavy (non-hydrogen) atoms. The summed E-state index contributed by atoms with van der Waals surface area (Å²) >= 11 is 0. The van der Waals surface area contributed by atoms with Crippen LogP contribution in [0.5, 0.6) is 0 Å². The van der Waals surface area contributed by atoms with Gasteiger partial charge in [0.25, 0.3) is 0 Å². The zero-order valence-electron chi connectivity index (χ0n) is 17.1. The Morgan fingerprint density at radius 3 is 2.33 bits per heavy atom. The number of hydrogen-bond donors (Lipinski definition) is 3. The third-order valence-corrected chi connectivity index (χ3v) is 5.34. The molecule has 6 nitrogen and oxygen atoms in total. The maximum Gasteiger partial charge on any atom is 0.242 e. The van der Waals surface area contributed by atoms with E-state index < -0.39 is 0 Å². The van der Waals surface area contributed by atoms with Gasteiger partial charge in [-0.1, -0.05) is 32.1 Å². The largest absolute Gasteiger partial charge is 0.357 e. The van der Waals surface area contributed by atoms with Crippen LogP contribution in [-0.2, 0) is 4.79 Å². The second-order valence-corrected chi connectivity index (χ2v) is 7.63. The highest BCUT2D eigenvalue weighted by atomic mass is 127. The predicted molar refractivity (Wildman–Crippen MR) is 124 cm³/mol. The zero-order valence-corrected chi connectivity index (χ0v) is 19.4. The molecule has 1 heterocycles. The van der Waals surface area contributed by atoms with Gasteiger partial charge in [-0.15, -0.1) is 24.0 Å². The molecule has 1 aliphatic carbocycles. The van der Waals surface area contributed by atoms with E-state index in [9.17, 15) is 4.79 Å². The molecular formula is C20H40IN5O. The lowest BCUT2D eigenvalue weighted by atomic mass is 9.95. The van der Waals surface area contributed by atoms with Gasteiger partial charge in [0, 0.05) is 19.1 Å². The Hall–Kier alpha value is -0.570. The molecule has 1 amide bonds. The molecule has 2 aliphatic rings. The number of rotatable bonds is 8. The lowest BCUT2D eigenvalue weighted by Crippen LogP contribution is -2.41. The molecular weight excluding hydrogens is 453 g/mol. The van der Waals surface area contributed by atoms with Crippen LogP contribution in [0.25, 0.3) is 0 Å². The summed E-state index contributed by atoms with van der Waals surface area (Å²) < 4.78 is 0. The third kappa shape index (κ3) is 11.1. The molecule has 3 N–H and O–H groups in total. The second-order valence-electron chi connectivity index (χ2n) is 7.63. The summed E-state index contributed by atoms with van der Waals surface area (Å²) in [6.07, 6.45) is 12.6. The number of carbonyl (C=O) groups excluding carboxylic acids is 1. The smallest absolute Gasteiger partial charge is 0.242 e. The topological polar surface area (TPSA) is 68.8 Å². The van der Waals surface area contributed by atoms with Gasteiger partial charge in [0.1, 0.15) is 6.54 Å². The minimum atomic E-state index is 0. The maximum absolute atomic E-state index is 12.1. The molecule has 0 bridgehead atoms. The monoisotopic (exact) mass is 493 g/mol. The van der Waals surface area contributed by atoms with E-state index in [2.05, 4.69) is 32.8 Å². The van der Waals surface area contributed by atoms with Crippen LogP contribution in [0, 0.1) is 0 Å². The fourth-order valence-electron chi connectivity index (χ4n) is 3.88. The number of carbonyl (C=O) groups is 1. The van der Waals surface area contributed by atoms with E-state index in [1.165, 1.54) is 58.0 Å². The molecule has 2 rings (SSSR count). The van der Waals surface area contributed by atoms with Crippen LogP contribution in [0.4, 0.5) is 0 Å². The third-order valence-electron chi connectivity index (χ3n) is 5.34. The standard InChI is InChI=1S/C20H39N5O.HI/c1-2-21-20(22-13-10-16-25-14-8-3-4-9-15-25)23-17-19(26)24-18-11-6-5-7-12-18;/h18H,2-17H2,1H3,(H,24,26)(H2,21,22,23);1H. The molecule has 0 atom stereocenters. The first kappa shape index (κ1) is 24.5. The van der Waals surface area contributed by atoms with Gasteiger partial charge in [-0.25, -0.2) is 4.99 Å². The summed E-state index contributed by atoms with van der Waals surface area (Å²) in [5.41, 5.74) is 0. The fourth-order valence-corrected chi connectivity index (χ4v) is 3.88. The average molecular weight is 493 g/mol. The molecule has 7 heteroatoms. The quantitative estimate of drug-likeness (QED) is 0.211. The Morgan fingerprint density at radius 2 is 1.67 bits per heavy atom. The Morgan fingerprint density at radius 1 is 1.00 bits per heavy atom. The molecule has 0 aromatic heterocycles. The highest BCUT2D eigenvalue weighted by molar-refractivity contribution is 14.0. The SMILES string of the molecule is CCNC(=NCC(=O)NC1CCCCC1)NCCCN1CCCCCC1.I. The predicted octanol–water partition coefficient (Wildman–Crippen LogP) is 2.87. The van der Waals surface area contributed by atoms with Gasteiger partial charge in [0.2, 0.25) is 5.91 Å². The van der Waals surface area contributed by atoms with E-state index in [1.807, 2.05) is 0 Å². The van der Waals surface area contributed by atoms with Gasteiger partial charge in [-0.2, -0.15) is 0 Å². The Labute approximate surface area is 182 Å². The van der Waals surface area contributed by atoms with Crippen molar-refractivity contribution >= 4 is 35.8 Å². The maximum atomic E-state index is 12.1. The zero-order chi connectivity index (χ0) is 18.5. The van der Waals surface area contributed by atoms with Crippen molar-refractivity contribution in [3.8, 4) is 0 Å². The Kier molecular flexibility index (Phi) is 13.9. The number of amides is 1. The molecule has 158 valence electrons. The Bertz CT molecular complexity index is 419. The van der Waals surface area contributed by atoms with Gasteiger partial charge >= 0.3 is 0 Å². The number of guanidine groups is 1. The normalized spacial score (nSPS) is 19.7. The number of nitrogens with one attached hydrogen (secondary N) is 3. The first-order valence-corrected chi connectivity index (χ1v) is 10.8. The molecule has 0 spiro atoms. The molecule has 1 saturated carbocycles. The highest BCUT2D eigenvalue weighted by Crippen LogP contribution is 2.17. The summed E-state index contributed by atoms with van der Waals surface area (Å²) in [5, 5.41) is 9.73. The molecule has 2 fully saturated rings. The van der Waals surface area contributed by atoms with Gasteiger partial charge in [-0.3, -0.25) is 4.79 Å². The molecule has 0 unspecified atom stereocenters. The number of aliphatic imine (C=N–C) groups is 1. The average Bonchev–Trinajstić information content (AvgIpc) is 2.93. The van der Waals surface area contributed by atoms with E-state index in [-0.39, 0.29) is 36.4 Å². The summed E-state index contributed by atoms with van der Waals surface area (Å²) in [6, 6.07) is 0.357. The summed E-state index contributed by atoms with van der Waals surface area (Å²) in [6.45, 7) is 7.60. The number of nitrogens with zero attached hydrogens (tertiary/aromatic N) is 2. The van der Waals surface area contributed by atoms with Gasteiger partial charge < -0.3 is 20.9 Å². The highest BCUT2D eigenvalue weighted by Gasteiger charge is 2.15. The fraction of sp³-hybridized carbons (Fsp3) is 0.900. The number of likely N-dealkylation sites (tertiary alicyclic amines) is 1. The van der Waals surface area contributed by atoms with E-state index >= 15 is 0 Å². The second kappa shape index (κ2) is 15.4. The van der Waals surface area contributed by atoms with Crippen LogP contribution >= 0.6 is 24.0 Å². The lowest BCUT2D eigenvalue weighted by molar-refractivity contribution is -0.120. The van der Waals surface area contributed by atoms with Gasteiger partial charge in [-0.05, 0) is 58.7 Å². The van der Waals surface area contributed by atoms with Gasteiger partial charge in [0.05, 0.1) is 0 Å². The van der Waals surface area contributed by atoms with Crippen LogP contribution in [0.3, 0.4) is 0 Å². The van der Waals surface area contributed by atoms with E-state index in [0.717, 1.165) is 44.9 Å². The first-order valence-electron chi connectivity index (χ1n) is 10.8. The summed E-state index contributed by atoms with van der Waals surface area (Å²) in [4.78, 5) is 19.1.